The summed E-state index contributed by atoms with van der Waals surface area (Å²) in [6, 6.07) is 7.45. The minimum absolute atomic E-state index is 0.227. The number of aromatic nitrogens is 3. The van der Waals surface area contributed by atoms with Crippen LogP contribution in [0.2, 0.25) is 0 Å². The predicted octanol–water partition coefficient (Wildman–Crippen LogP) is 3.25. The molecule has 6 nitrogen and oxygen atoms in total. The zero-order chi connectivity index (χ0) is 17.1. The van der Waals surface area contributed by atoms with E-state index in [0.717, 1.165) is 11.3 Å². The van der Waals surface area contributed by atoms with Gasteiger partial charge in [-0.25, -0.2) is 9.97 Å². The van der Waals surface area contributed by atoms with Crippen LogP contribution in [0.15, 0.2) is 36.7 Å². The van der Waals surface area contributed by atoms with Gasteiger partial charge in [0, 0.05) is 12.4 Å². The van der Waals surface area contributed by atoms with Gasteiger partial charge in [-0.05, 0) is 44.0 Å². The zero-order valence-electron chi connectivity index (χ0n) is 14.0. The topological polar surface area (TPSA) is 68.5 Å². The fraction of sp³-hybridized carbons (Fsp3) is 0.278. The molecule has 1 N–H and O–H groups in total. The summed E-state index contributed by atoms with van der Waals surface area (Å²) in [6.07, 6.45) is 4.13. The maximum Gasteiger partial charge on any atom is 0.275 e. The van der Waals surface area contributed by atoms with Crippen molar-refractivity contribution in [2.75, 3.05) is 11.9 Å². The third-order valence-corrected chi connectivity index (χ3v) is 3.78. The molecule has 3 rings (SSSR count). The number of hydrogen-bond acceptors (Lipinski definition) is 4. The molecule has 0 aromatic carbocycles. The number of amides is 1. The Labute approximate surface area is 140 Å². The molecule has 0 unspecified atom stereocenters. The quantitative estimate of drug-likeness (QED) is 0.782. The highest BCUT2D eigenvalue weighted by atomic mass is 16.5. The number of nitrogens with one attached hydrogen (secondary N) is 1. The maximum absolute atomic E-state index is 12.8. The Hall–Kier alpha value is -2.89. The molecule has 0 aliphatic rings. The summed E-state index contributed by atoms with van der Waals surface area (Å²) in [4.78, 5) is 21.7. The van der Waals surface area contributed by atoms with Gasteiger partial charge in [0.15, 0.2) is 11.4 Å². The van der Waals surface area contributed by atoms with E-state index in [1.165, 1.54) is 0 Å². The van der Waals surface area contributed by atoms with Crippen LogP contribution in [0.5, 0.6) is 5.75 Å². The molecule has 24 heavy (non-hydrogen) atoms. The highest BCUT2D eigenvalue weighted by Gasteiger charge is 2.21. The second-order valence-electron chi connectivity index (χ2n) is 5.38. The third-order valence-electron chi connectivity index (χ3n) is 3.78. The van der Waals surface area contributed by atoms with Crippen molar-refractivity contribution in [1.82, 2.24) is 14.4 Å². The van der Waals surface area contributed by atoms with Crippen molar-refractivity contribution in [3.05, 3.63) is 53.6 Å². The largest absolute Gasteiger partial charge is 0.490 e. The lowest BCUT2D eigenvalue weighted by atomic mass is 10.2. The average molecular weight is 324 g/mol. The normalized spacial score (nSPS) is 10.8. The Bertz CT molecular complexity index is 886. The van der Waals surface area contributed by atoms with Crippen LogP contribution in [0.25, 0.3) is 5.65 Å². The van der Waals surface area contributed by atoms with E-state index in [0.29, 0.717) is 35.9 Å². The van der Waals surface area contributed by atoms with Crippen LogP contribution >= 0.6 is 0 Å². The number of aryl methyl sites for hydroxylation is 2. The fourth-order valence-corrected chi connectivity index (χ4v) is 2.63. The second-order valence-corrected chi connectivity index (χ2v) is 5.38. The molecule has 3 aromatic rings. The molecule has 0 atom stereocenters. The number of fused-ring (bicyclic) bond motifs is 1. The fourth-order valence-electron chi connectivity index (χ4n) is 2.63. The molecular weight excluding hydrogens is 304 g/mol. The van der Waals surface area contributed by atoms with Crippen molar-refractivity contribution in [3.63, 3.8) is 0 Å². The Morgan fingerprint density at radius 2 is 2.12 bits per heavy atom. The van der Waals surface area contributed by atoms with Crippen LogP contribution in [0.3, 0.4) is 0 Å². The van der Waals surface area contributed by atoms with Crippen molar-refractivity contribution >= 4 is 17.4 Å². The standard InChI is InChI=1S/C18H20N4O2/c1-4-13-15(18(23)21-16-12(3)8-6-10-19-16)22-11-7-9-14(24-5-2)17(22)20-13/h6-11H,4-5H2,1-3H3,(H,19,21,23). The van der Waals surface area contributed by atoms with Gasteiger partial charge >= 0.3 is 0 Å². The lowest BCUT2D eigenvalue weighted by Crippen LogP contribution is -2.17. The Morgan fingerprint density at radius 1 is 1.29 bits per heavy atom. The molecule has 0 radical (unpaired) electrons. The monoisotopic (exact) mass is 324 g/mol. The summed E-state index contributed by atoms with van der Waals surface area (Å²) in [5.74, 6) is 0.998. The molecular formula is C18H20N4O2. The van der Waals surface area contributed by atoms with Gasteiger partial charge < -0.3 is 10.1 Å². The number of carbonyl (C=O) groups is 1. The van der Waals surface area contributed by atoms with Gasteiger partial charge in [0.2, 0.25) is 0 Å². The SMILES string of the molecule is CCOc1cccn2c(C(=O)Nc3ncccc3C)c(CC)nc12. The number of pyridine rings is 2. The highest BCUT2D eigenvalue weighted by molar-refractivity contribution is 6.04. The van der Waals surface area contributed by atoms with Gasteiger partial charge in [0.05, 0.1) is 12.3 Å². The van der Waals surface area contributed by atoms with Gasteiger partial charge in [0.1, 0.15) is 11.5 Å². The molecule has 3 heterocycles. The molecule has 3 aromatic heterocycles. The lowest BCUT2D eigenvalue weighted by Gasteiger charge is -2.08. The third kappa shape index (κ3) is 2.82. The summed E-state index contributed by atoms with van der Waals surface area (Å²) >= 11 is 0. The van der Waals surface area contributed by atoms with E-state index in [1.807, 2.05) is 51.2 Å². The number of carbonyl (C=O) groups excluding carboxylic acids is 1. The van der Waals surface area contributed by atoms with Gasteiger partial charge in [0.25, 0.3) is 5.91 Å². The van der Waals surface area contributed by atoms with Crippen LogP contribution in [-0.4, -0.2) is 26.9 Å². The van der Waals surface area contributed by atoms with Crippen molar-refractivity contribution in [1.29, 1.82) is 0 Å². The van der Waals surface area contributed by atoms with E-state index in [4.69, 9.17) is 4.74 Å². The van der Waals surface area contributed by atoms with E-state index in [1.54, 1.807) is 10.6 Å². The number of hydrogen-bond donors (Lipinski definition) is 1. The Balaban J connectivity index is 2.06. The molecule has 0 fully saturated rings. The molecule has 0 saturated carbocycles. The van der Waals surface area contributed by atoms with Crippen molar-refractivity contribution in [2.45, 2.75) is 27.2 Å². The molecule has 1 amide bonds. The zero-order valence-corrected chi connectivity index (χ0v) is 14.0. The van der Waals surface area contributed by atoms with E-state index >= 15 is 0 Å². The van der Waals surface area contributed by atoms with Crippen molar-refractivity contribution in [3.8, 4) is 5.75 Å². The molecule has 0 aliphatic heterocycles. The molecule has 0 aliphatic carbocycles. The van der Waals surface area contributed by atoms with E-state index in [9.17, 15) is 4.79 Å². The van der Waals surface area contributed by atoms with Crippen molar-refractivity contribution < 1.29 is 9.53 Å². The van der Waals surface area contributed by atoms with E-state index in [-0.39, 0.29) is 5.91 Å². The summed E-state index contributed by atoms with van der Waals surface area (Å²) in [5.41, 5.74) is 2.80. The van der Waals surface area contributed by atoms with E-state index < -0.39 is 0 Å². The number of rotatable bonds is 5. The van der Waals surface area contributed by atoms with Gasteiger partial charge in [-0.2, -0.15) is 0 Å². The second kappa shape index (κ2) is 6.70. The number of ether oxygens (including phenoxy) is 1. The van der Waals surface area contributed by atoms with Gasteiger partial charge in [-0.15, -0.1) is 0 Å². The van der Waals surface area contributed by atoms with Crippen LogP contribution < -0.4 is 10.1 Å². The highest BCUT2D eigenvalue weighted by Crippen LogP contribution is 2.23. The van der Waals surface area contributed by atoms with Crippen LogP contribution in [-0.2, 0) is 6.42 Å². The first-order valence-electron chi connectivity index (χ1n) is 8.01. The minimum atomic E-state index is -0.227. The number of anilines is 1. The molecule has 0 saturated heterocycles. The smallest absolute Gasteiger partial charge is 0.275 e. The van der Waals surface area contributed by atoms with Crippen LogP contribution in [0.1, 0.15) is 35.6 Å². The number of nitrogens with zero attached hydrogens (tertiary/aromatic N) is 3. The van der Waals surface area contributed by atoms with Crippen LogP contribution in [0, 0.1) is 6.92 Å². The Morgan fingerprint density at radius 3 is 2.83 bits per heavy atom. The van der Waals surface area contributed by atoms with E-state index in [2.05, 4.69) is 15.3 Å². The first-order chi connectivity index (χ1) is 11.7. The summed E-state index contributed by atoms with van der Waals surface area (Å²) < 4.78 is 7.40. The summed E-state index contributed by atoms with van der Waals surface area (Å²) in [6.45, 7) is 6.35. The molecule has 124 valence electrons. The van der Waals surface area contributed by atoms with Crippen molar-refractivity contribution in [2.24, 2.45) is 0 Å². The average Bonchev–Trinajstić information content (AvgIpc) is 2.97. The lowest BCUT2D eigenvalue weighted by molar-refractivity contribution is 0.102. The first-order valence-corrected chi connectivity index (χ1v) is 8.01. The summed E-state index contributed by atoms with van der Waals surface area (Å²) in [7, 11) is 0. The Kier molecular flexibility index (Phi) is 4.46. The first kappa shape index (κ1) is 16.0. The minimum Gasteiger partial charge on any atom is -0.490 e. The number of imidazole rings is 1. The van der Waals surface area contributed by atoms with Gasteiger partial charge in [-0.1, -0.05) is 13.0 Å². The summed E-state index contributed by atoms with van der Waals surface area (Å²) in [5, 5.41) is 2.88. The maximum atomic E-state index is 12.8. The molecule has 0 spiro atoms. The van der Waals surface area contributed by atoms with Gasteiger partial charge in [-0.3, -0.25) is 9.20 Å². The van der Waals surface area contributed by atoms with Crippen LogP contribution in [0.4, 0.5) is 5.82 Å². The molecule has 0 bridgehead atoms. The molecule has 6 heteroatoms. The predicted molar refractivity (Wildman–Crippen MR) is 92.7 cm³/mol.